The van der Waals surface area contributed by atoms with Crippen molar-refractivity contribution in [3.05, 3.63) is 29.8 Å². The fourth-order valence-corrected chi connectivity index (χ4v) is 5.40. The zero-order chi connectivity index (χ0) is 25.3. The second-order valence-corrected chi connectivity index (χ2v) is 10.8. The predicted octanol–water partition coefficient (Wildman–Crippen LogP) is 8.14. The van der Waals surface area contributed by atoms with Gasteiger partial charge in [0.15, 0.2) is 6.29 Å². The molecule has 3 rings (SSSR count). The zero-order valence-electron chi connectivity index (χ0n) is 23.1. The lowest BCUT2D eigenvalue weighted by molar-refractivity contribution is -0.186. The van der Waals surface area contributed by atoms with Crippen molar-refractivity contribution >= 4 is 5.97 Å². The van der Waals surface area contributed by atoms with Crippen molar-refractivity contribution in [3.8, 4) is 5.75 Å². The summed E-state index contributed by atoms with van der Waals surface area (Å²) in [5.41, 5.74) is 1.15. The summed E-state index contributed by atoms with van der Waals surface area (Å²) in [6, 6.07) is 8.28. The lowest BCUT2D eigenvalue weighted by atomic mass is 9.60. The molecule has 4 nitrogen and oxygen atoms in total. The van der Waals surface area contributed by atoms with Gasteiger partial charge in [-0.2, -0.15) is 0 Å². The van der Waals surface area contributed by atoms with E-state index < -0.39 is 0 Å². The third-order valence-electron chi connectivity index (χ3n) is 8.36. The van der Waals surface area contributed by atoms with Gasteiger partial charge < -0.3 is 14.2 Å². The van der Waals surface area contributed by atoms with Crippen LogP contribution in [-0.4, -0.2) is 24.5 Å². The van der Waals surface area contributed by atoms with E-state index >= 15 is 0 Å². The molecule has 0 aromatic heterocycles. The van der Waals surface area contributed by atoms with Gasteiger partial charge >= 0.3 is 5.97 Å². The molecule has 7 unspecified atom stereocenters. The summed E-state index contributed by atoms with van der Waals surface area (Å²) in [4.78, 5) is 12.1. The standard InChI is InChI=1S/C16H28O2.C14H22O2/c1-5-11(2)15(17)18-16(4)12(3)9-13-7-6-8-14(16)10-13;1-5-11(3)13-7-9-14(10-8-13)16-12(4)15-6-2/h11-14H,5-10H2,1-4H3;7-12H,5-6H2,1-4H3. The number of hydrogen-bond acceptors (Lipinski definition) is 4. The Morgan fingerprint density at radius 3 is 2.29 bits per heavy atom. The van der Waals surface area contributed by atoms with E-state index in [1.165, 1.54) is 37.7 Å². The molecule has 34 heavy (non-hydrogen) atoms. The van der Waals surface area contributed by atoms with E-state index in [-0.39, 0.29) is 23.8 Å². The minimum absolute atomic E-state index is 0.0101. The molecule has 0 heterocycles. The molecule has 2 bridgehead atoms. The van der Waals surface area contributed by atoms with Crippen molar-refractivity contribution in [2.75, 3.05) is 6.61 Å². The lowest BCUT2D eigenvalue weighted by Crippen LogP contribution is -2.51. The molecule has 2 saturated carbocycles. The number of esters is 1. The van der Waals surface area contributed by atoms with Crippen LogP contribution in [0.3, 0.4) is 0 Å². The van der Waals surface area contributed by atoms with Gasteiger partial charge in [0.2, 0.25) is 0 Å². The molecule has 2 aliphatic carbocycles. The highest BCUT2D eigenvalue weighted by atomic mass is 16.7. The zero-order valence-corrected chi connectivity index (χ0v) is 23.1. The van der Waals surface area contributed by atoms with Gasteiger partial charge in [-0.1, -0.05) is 59.6 Å². The van der Waals surface area contributed by atoms with Crippen LogP contribution in [0.5, 0.6) is 5.75 Å². The molecule has 7 atom stereocenters. The van der Waals surface area contributed by atoms with E-state index in [1.54, 1.807) is 0 Å². The summed E-state index contributed by atoms with van der Waals surface area (Å²) in [5.74, 6) is 3.51. The number of rotatable bonds is 9. The molecule has 0 amide bonds. The molecule has 1 aromatic rings. The van der Waals surface area contributed by atoms with Gasteiger partial charge in [-0.25, -0.2) is 0 Å². The van der Waals surface area contributed by atoms with Crippen LogP contribution < -0.4 is 4.74 Å². The van der Waals surface area contributed by atoms with Gasteiger partial charge in [-0.05, 0) is 94.2 Å². The maximum atomic E-state index is 12.1. The fourth-order valence-electron chi connectivity index (χ4n) is 5.40. The quantitative estimate of drug-likeness (QED) is 0.268. The Morgan fingerprint density at radius 1 is 1.03 bits per heavy atom. The van der Waals surface area contributed by atoms with Gasteiger partial charge in [0, 0.05) is 6.61 Å². The largest absolute Gasteiger partial charge is 0.465 e. The Kier molecular flexibility index (Phi) is 11.4. The second kappa shape index (κ2) is 13.5. The van der Waals surface area contributed by atoms with Crippen LogP contribution in [-0.2, 0) is 14.3 Å². The first kappa shape index (κ1) is 28.7. The summed E-state index contributed by atoms with van der Waals surface area (Å²) in [6.45, 7) is 17.5. The van der Waals surface area contributed by atoms with Crippen molar-refractivity contribution in [3.63, 3.8) is 0 Å². The smallest absolute Gasteiger partial charge is 0.309 e. The van der Waals surface area contributed by atoms with Gasteiger partial charge in [0.05, 0.1) is 5.92 Å². The highest BCUT2D eigenvalue weighted by Gasteiger charge is 2.49. The van der Waals surface area contributed by atoms with Gasteiger partial charge in [0.1, 0.15) is 11.4 Å². The SMILES string of the molecule is CCC(C)C(=O)OC1(C)C(C)CC2CCCC1C2.CCOC(C)Oc1ccc(C(C)CC)cc1. The number of ether oxygens (including phenoxy) is 3. The van der Waals surface area contributed by atoms with Gasteiger partial charge in [-0.3, -0.25) is 4.79 Å². The fraction of sp³-hybridized carbons (Fsp3) is 0.767. The number of carbonyl (C=O) groups is 1. The first-order valence-electron chi connectivity index (χ1n) is 13.7. The number of carbonyl (C=O) groups excluding carboxylic acids is 1. The molecule has 4 heteroatoms. The molecule has 0 saturated heterocycles. The van der Waals surface area contributed by atoms with Crippen molar-refractivity contribution in [2.24, 2.45) is 23.7 Å². The molecule has 194 valence electrons. The first-order valence-corrected chi connectivity index (χ1v) is 13.7. The van der Waals surface area contributed by atoms with Crippen LogP contribution in [0.15, 0.2) is 24.3 Å². The van der Waals surface area contributed by atoms with Gasteiger partial charge in [-0.15, -0.1) is 0 Å². The van der Waals surface area contributed by atoms with Crippen LogP contribution >= 0.6 is 0 Å². The Bertz CT molecular complexity index is 728. The minimum Gasteiger partial charge on any atom is -0.465 e. The normalized spacial score (nSPS) is 28.6. The Balaban J connectivity index is 0.000000242. The van der Waals surface area contributed by atoms with Crippen LogP contribution in [0.2, 0.25) is 0 Å². The van der Waals surface area contributed by atoms with Crippen molar-refractivity contribution in [1.82, 2.24) is 0 Å². The number of fused-ring (bicyclic) bond motifs is 2. The third-order valence-corrected chi connectivity index (χ3v) is 8.36. The molecular weight excluding hydrogens is 424 g/mol. The summed E-state index contributed by atoms with van der Waals surface area (Å²) in [7, 11) is 0. The van der Waals surface area contributed by atoms with E-state index in [4.69, 9.17) is 14.2 Å². The van der Waals surface area contributed by atoms with E-state index in [0.29, 0.717) is 24.4 Å². The monoisotopic (exact) mass is 474 g/mol. The summed E-state index contributed by atoms with van der Waals surface area (Å²) >= 11 is 0. The molecular formula is C30H50O4. The average Bonchev–Trinajstić information content (AvgIpc) is 2.83. The van der Waals surface area contributed by atoms with Gasteiger partial charge in [0.25, 0.3) is 0 Å². The van der Waals surface area contributed by atoms with E-state index in [9.17, 15) is 4.79 Å². The highest BCUT2D eigenvalue weighted by molar-refractivity contribution is 5.72. The molecule has 2 aliphatic rings. The van der Waals surface area contributed by atoms with E-state index in [1.807, 2.05) is 32.9 Å². The second-order valence-electron chi connectivity index (χ2n) is 10.8. The van der Waals surface area contributed by atoms with Crippen molar-refractivity contribution in [1.29, 1.82) is 0 Å². The molecule has 1 aromatic carbocycles. The minimum atomic E-state index is -0.211. The average molecular weight is 475 g/mol. The topological polar surface area (TPSA) is 44.8 Å². The van der Waals surface area contributed by atoms with Crippen LogP contribution in [0.4, 0.5) is 0 Å². The summed E-state index contributed by atoms with van der Waals surface area (Å²) in [6.07, 6.45) is 8.31. The predicted molar refractivity (Wildman–Crippen MR) is 140 cm³/mol. The Labute approximate surface area is 209 Å². The summed E-state index contributed by atoms with van der Waals surface area (Å²) in [5, 5.41) is 0. The Morgan fingerprint density at radius 2 is 1.71 bits per heavy atom. The molecule has 0 aliphatic heterocycles. The van der Waals surface area contributed by atoms with Crippen LogP contribution in [0.1, 0.15) is 112 Å². The number of benzene rings is 1. The molecule has 0 radical (unpaired) electrons. The summed E-state index contributed by atoms with van der Waals surface area (Å²) < 4.78 is 16.9. The van der Waals surface area contributed by atoms with E-state index in [2.05, 4.69) is 46.8 Å². The van der Waals surface area contributed by atoms with Crippen LogP contribution in [0, 0.1) is 23.7 Å². The molecule has 2 fully saturated rings. The lowest BCUT2D eigenvalue weighted by Gasteiger charge is -2.51. The first-order chi connectivity index (χ1) is 16.1. The van der Waals surface area contributed by atoms with E-state index in [0.717, 1.165) is 24.5 Å². The maximum absolute atomic E-state index is 12.1. The molecule has 0 spiro atoms. The molecule has 0 N–H and O–H groups in total. The third kappa shape index (κ3) is 7.73. The maximum Gasteiger partial charge on any atom is 0.309 e. The van der Waals surface area contributed by atoms with Crippen LogP contribution in [0.25, 0.3) is 0 Å². The highest BCUT2D eigenvalue weighted by Crippen LogP contribution is 2.50. The van der Waals surface area contributed by atoms with Crippen molar-refractivity contribution in [2.45, 2.75) is 118 Å². The van der Waals surface area contributed by atoms with Crippen molar-refractivity contribution < 1.29 is 19.0 Å². The Hall–Kier alpha value is -1.55. The number of hydrogen-bond donors (Lipinski definition) is 0.